The van der Waals surface area contributed by atoms with Gasteiger partial charge in [0, 0.05) is 15.5 Å². The lowest BCUT2D eigenvalue weighted by Gasteiger charge is -2.21. The predicted octanol–water partition coefficient (Wildman–Crippen LogP) is 1.61. The second-order valence-electron chi connectivity index (χ2n) is 4.74. The SMILES string of the molecule is [C-]#[N+]C1(CS(=O)C(C)(C)C)CCOC1. The zero-order valence-corrected chi connectivity index (χ0v) is 9.82. The topological polar surface area (TPSA) is 30.7 Å². The summed E-state index contributed by atoms with van der Waals surface area (Å²) in [4.78, 5) is 3.60. The maximum atomic E-state index is 11.9. The van der Waals surface area contributed by atoms with Gasteiger partial charge in [0.15, 0.2) is 0 Å². The summed E-state index contributed by atoms with van der Waals surface area (Å²) in [6.07, 6.45) is 0.721. The van der Waals surface area contributed by atoms with E-state index in [1.54, 1.807) is 0 Å². The van der Waals surface area contributed by atoms with Crippen molar-refractivity contribution in [3.8, 4) is 0 Å². The second-order valence-corrected chi connectivity index (χ2v) is 6.95. The largest absolute Gasteiger partial charge is 0.373 e. The van der Waals surface area contributed by atoms with E-state index in [4.69, 9.17) is 11.3 Å². The van der Waals surface area contributed by atoms with Gasteiger partial charge in [-0.1, -0.05) is 0 Å². The summed E-state index contributed by atoms with van der Waals surface area (Å²) >= 11 is 0. The molecule has 0 bridgehead atoms. The fourth-order valence-electron chi connectivity index (χ4n) is 1.29. The van der Waals surface area contributed by atoms with E-state index in [0.717, 1.165) is 6.42 Å². The molecule has 0 amide bonds. The van der Waals surface area contributed by atoms with E-state index < -0.39 is 16.3 Å². The van der Waals surface area contributed by atoms with Crippen molar-refractivity contribution in [1.29, 1.82) is 0 Å². The van der Waals surface area contributed by atoms with Gasteiger partial charge in [-0.05, 0) is 20.8 Å². The van der Waals surface area contributed by atoms with E-state index in [2.05, 4.69) is 4.85 Å². The first-order valence-corrected chi connectivity index (χ1v) is 6.06. The van der Waals surface area contributed by atoms with Crippen LogP contribution in [0.4, 0.5) is 0 Å². The number of hydrogen-bond donors (Lipinski definition) is 0. The van der Waals surface area contributed by atoms with Crippen LogP contribution in [0.3, 0.4) is 0 Å². The number of ether oxygens (including phenoxy) is 1. The summed E-state index contributed by atoms with van der Waals surface area (Å²) in [5, 5.41) is 0. The van der Waals surface area contributed by atoms with E-state index in [1.807, 2.05) is 20.8 Å². The number of nitrogens with zero attached hydrogens (tertiary/aromatic N) is 1. The van der Waals surface area contributed by atoms with Crippen LogP contribution in [-0.2, 0) is 15.5 Å². The first-order valence-electron chi connectivity index (χ1n) is 4.74. The Morgan fingerprint density at radius 1 is 1.57 bits per heavy atom. The maximum absolute atomic E-state index is 11.9. The molecular weight excluding hydrogens is 198 g/mol. The van der Waals surface area contributed by atoms with E-state index in [0.29, 0.717) is 19.0 Å². The molecular formula is C10H17NO2S. The average molecular weight is 215 g/mol. The minimum Gasteiger partial charge on any atom is -0.373 e. The Labute approximate surface area is 88.1 Å². The van der Waals surface area contributed by atoms with Gasteiger partial charge in [0.25, 0.3) is 5.54 Å². The Morgan fingerprint density at radius 3 is 2.57 bits per heavy atom. The van der Waals surface area contributed by atoms with Gasteiger partial charge in [0.05, 0.1) is 13.0 Å². The minimum atomic E-state index is -0.960. The molecule has 0 spiro atoms. The smallest absolute Gasteiger partial charge is 0.269 e. The number of hydrogen-bond acceptors (Lipinski definition) is 2. The highest BCUT2D eigenvalue weighted by atomic mass is 32.2. The van der Waals surface area contributed by atoms with Gasteiger partial charge < -0.3 is 9.58 Å². The molecule has 1 fully saturated rings. The lowest BCUT2D eigenvalue weighted by molar-refractivity contribution is 0.188. The highest BCUT2D eigenvalue weighted by Gasteiger charge is 2.44. The predicted molar refractivity (Wildman–Crippen MR) is 57.5 cm³/mol. The van der Waals surface area contributed by atoms with Gasteiger partial charge in [-0.15, -0.1) is 0 Å². The van der Waals surface area contributed by atoms with E-state index >= 15 is 0 Å². The molecule has 80 valence electrons. The van der Waals surface area contributed by atoms with Crippen molar-refractivity contribution in [2.45, 2.75) is 37.5 Å². The molecule has 14 heavy (non-hydrogen) atoms. The van der Waals surface area contributed by atoms with E-state index in [1.165, 1.54) is 0 Å². The Morgan fingerprint density at radius 2 is 2.21 bits per heavy atom. The molecule has 1 heterocycles. The van der Waals surface area contributed by atoms with Crippen molar-refractivity contribution in [3.63, 3.8) is 0 Å². The zero-order chi connectivity index (χ0) is 10.8. The lowest BCUT2D eigenvalue weighted by Crippen LogP contribution is -2.37. The summed E-state index contributed by atoms with van der Waals surface area (Å²) in [5.41, 5.74) is -0.516. The molecule has 1 aliphatic rings. The normalized spacial score (nSPS) is 29.9. The molecule has 2 unspecified atom stereocenters. The van der Waals surface area contributed by atoms with Crippen molar-refractivity contribution in [3.05, 3.63) is 11.4 Å². The Hall–Kier alpha value is -0.400. The molecule has 2 atom stereocenters. The molecule has 0 aliphatic carbocycles. The van der Waals surface area contributed by atoms with Crippen molar-refractivity contribution < 1.29 is 8.95 Å². The molecule has 1 saturated heterocycles. The summed E-state index contributed by atoms with van der Waals surface area (Å²) in [6.45, 7) is 14.1. The van der Waals surface area contributed by atoms with Gasteiger partial charge >= 0.3 is 0 Å². The molecule has 4 heteroatoms. The first-order chi connectivity index (χ1) is 6.40. The molecule has 0 aromatic heterocycles. The molecule has 0 radical (unpaired) electrons. The van der Waals surface area contributed by atoms with Crippen LogP contribution in [0.25, 0.3) is 4.85 Å². The molecule has 0 aromatic carbocycles. The molecule has 0 saturated carbocycles. The summed E-state index contributed by atoms with van der Waals surface area (Å²) in [5.74, 6) is 0.444. The highest BCUT2D eigenvalue weighted by Crippen LogP contribution is 2.27. The summed E-state index contributed by atoms with van der Waals surface area (Å²) in [6, 6.07) is 0. The third-order valence-electron chi connectivity index (χ3n) is 2.40. The van der Waals surface area contributed by atoms with Crippen LogP contribution >= 0.6 is 0 Å². The Kier molecular flexibility index (Phi) is 3.33. The molecule has 3 nitrogen and oxygen atoms in total. The number of rotatable bonds is 2. The quantitative estimate of drug-likeness (QED) is 0.655. The van der Waals surface area contributed by atoms with Crippen LogP contribution in [0.1, 0.15) is 27.2 Å². The van der Waals surface area contributed by atoms with Crippen molar-refractivity contribution in [2.75, 3.05) is 19.0 Å². The van der Waals surface area contributed by atoms with Crippen LogP contribution < -0.4 is 0 Å². The highest BCUT2D eigenvalue weighted by molar-refractivity contribution is 7.86. The van der Waals surface area contributed by atoms with Crippen molar-refractivity contribution >= 4 is 10.8 Å². The average Bonchev–Trinajstić information content (AvgIpc) is 2.52. The third kappa shape index (κ3) is 2.55. The minimum absolute atomic E-state index is 0.236. The molecule has 0 N–H and O–H groups in total. The monoisotopic (exact) mass is 215 g/mol. The zero-order valence-electron chi connectivity index (χ0n) is 9.00. The van der Waals surface area contributed by atoms with Crippen molar-refractivity contribution in [2.24, 2.45) is 0 Å². The van der Waals surface area contributed by atoms with Crippen molar-refractivity contribution in [1.82, 2.24) is 0 Å². The Balaban J connectivity index is 2.67. The molecule has 1 aliphatic heterocycles. The van der Waals surface area contributed by atoms with Crippen LogP contribution in [0, 0.1) is 6.57 Å². The second kappa shape index (κ2) is 4.00. The van der Waals surface area contributed by atoms with Gasteiger partial charge in [0.2, 0.25) is 0 Å². The fourth-order valence-corrected chi connectivity index (χ4v) is 2.50. The molecule has 1 rings (SSSR count). The van der Waals surface area contributed by atoms with Gasteiger partial charge in [-0.2, -0.15) is 0 Å². The standard InChI is InChI=1S/C10H17NO2S/c1-9(2,3)14(12)8-10(11-4)5-6-13-7-10/h5-8H2,1-3H3. The van der Waals surface area contributed by atoms with Gasteiger partial charge in [-0.3, -0.25) is 4.21 Å². The van der Waals surface area contributed by atoms with Crippen LogP contribution in [0.5, 0.6) is 0 Å². The van der Waals surface area contributed by atoms with E-state index in [-0.39, 0.29) is 4.75 Å². The van der Waals surface area contributed by atoms with Crippen LogP contribution in [-0.4, -0.2) is 33.5 Å². The van der Waals surface area contributed by atoms with Gasteiger partial charge in [-0.25, -0.2) is 6.57 Å². The summed E-state index contributed by atoms with van der Waals surface area (Å²) in [7, 11) is -0.960. The maximum Gasteiger partial charge on any atom is 0.269 e. The van der Waals surface area contributed by atoms with Gasteiger partial charge in [0.1, 0.15) is 12.4 Å². The van der Waals surface area contributed by atoms with E-state index in [9.17, 15) is 4.21 Å². The first kappa shape index (κ1) is 11.7. The molecule has 0 aromatic rings. The third-order valence-corrected chi connectivity index (χ3v) is 4.57. The van der Waals surface area contributed by atoms with Crippen LogP contribution in [0.15, 0.2) is 0 Å². The Bertz CT molecular complexity index is 269. The fraction of sp³-hybridized carbons (Fsp3) is 0.900. The van der Waals surface area contributed by atoms with Crippen LogP contribution in [0.2, 0.25) is 0 Å². The summed E-state index contributed by atoms with van der Waals surface area (Å²) < 4.78 is 16.9. The lowest BCUT2D eigenvalue weighted by atomic mass is 10.0.